The standard InChI is InChI=1S/C13H16N2S2/c1-16-10-7-6-9(8-10)14-13-15-11-4-2-3-5-12(11)17-13/h2-5,9-10H,6-8H2,1H3,(H,14,15). The van der Waals surface area contributed by atoms with Crippen molar-refractivity contribution in [2.75, 3.05) is 11.6 Å². The van der Waals surface area contributed by atoms with E-state index in [-0.39, 0.29) is 0 Å². The van der Waals surface area contributed by atoms with Gasteiger partial charge in [-0.2, -0.15) is 11.8 Å². The zero-order valence-corrected chi connectivity index (χ0v) is 11.5. The van der Waals surface area contributed by atoms with Crippen molar-refractivity contribution in [2.24, 2.45) is 0 Å². The van der Waals surface area contributed by atoms with Crippen LogP contribution >= 0.6 is 23.1 Å². The average Bonchev–Trinajstić information content (AvgIpc) is 2.94. The minimum absolute atomic E-state index is 0.619. The molecule has 0 radical (unpaired) electrons. The minimum Gasteiger partial charge on any atom is -0.359 e. The van der Waals surface area contributed by atoms with Crippen LogP contribution in [0.1, 0.15) is 19.3 Å². The van der Waals surface area contributed by atoms with E-state index in [1.54, 1.807) is 11.3 Å². The molecule has 1 saturated carbocycles. The molecule has 2 atom stereocenters. The van der Waals surface area contributed by atoms with Crippen LogP contribution < -0.4 is 5.32 Å². The van der Waals surface area contributed by atoms with Gasteiger partial charge in [-0.3, -0.25) is 0 Å². The summed E-state index contributed by atoms with van der Waals surface area (Å²) >= 11 is 3.76. The Morgan fingerprint density at radius 2 is 2.24 bits per heavy atom. The highest BCUT2D eigenvalue weighted by atomic mass is 32.2. The van der Waals surface area contributed by atoms with Gasteiger partial charge in [0.2, 0.25) is 0 Å². The number of aromatic nitrogens is 1. The first-order valence-corrected chi connectivity index (χ1v) is 8.10. The first-order chi connectivity index (χ1) is 8.35. The number of fused-ring (bicyclic) bond motifs is 1. The van der Waals surface area contributed by atoms with E-state index in [1.165, 1.54) is 24.0 Å². The lowest BCUT2D eigenvalue weighted by Gasteiger charge is -2.10. The molecule has 2 nitrogen and oxygen atoms in total. The van der Waals surface area contributed by atoms with E-state index in [2.05, 4.69) is 34.8 Å². The van der Waals surface area contributed by atoms with Gasteiger partial charge in [0.05, 0.1) is 10.2 Å². The van der Waals surface area contributed by atoms with Crippen molar-refractivity contribution in [2.45, 2.75) is 30.6 Å². The van der Waals surface area contributed by atoms with E-state index >= 15 is 0 Å². The Morgan fingerprint density at radius 1 is 1.35 bits per heavy atom. The lowest BCUT2D eigenvalue weighted by atomic mass is 10.3. The smallest absolute Gasteiger partial charge is 0.184 e. The maximum absolute atomic E-state index is 4.63. The maximum Gasteiger partial charge on any atom is 0.184 e. The van der Waals surface area contributed by atoms with Crippen molar-refractivity contribution < 1.29 is 0 Å². The Hall–Kier alpha value is -0.740. The van der Waals surface area contributed by atoms with Gasteiger partial charge < -0.3 is 5.32 Å². The van der Waals surface area contributed by atoms with Crippen LogP contribution in [-0.2, 0) is 0 Å². The molecular weight excluding hydrogens is 248 g/mol. The topological polar surface area (TPSA) is 24.9 Å². The molecule has 0 aliphatic heterocycles. The van der Waals surface area contributed by atoms with Gasteiger partial charge in [-0.1, -0.05) is 23.5 Å². The quantitative estimate of drug-likeness (QED) is 0.907. The van der Waals surface area contributed by atoms with Crippen molar-refractivity contribution in [1.29, 1.82) is 0 Å². The number of nitrogens with zero attached hydrogens (tertiary/aromatic N) is 1. The van der Waals surface area contributed by atoms with Gasteiger partial charge >= 0.3 is 0 Å². The molecule has 2 aromatic rings. The highest BCUT2D eigenvalue weighted by Gasteiger charge is 2.24. The summed E-state index contributed by atoms with van der Waals surface area (Å²) in [4.78, 5) is 4.63. The highest BCUT2D eigenvalue weighted by Crippen LogP contribution is 2.32. The molecule has 0 saturated heterocycles. The Labute approximate surface area is 110 Å². The van der Waals surface area contributed by atoms with Gasteiger partial charge in [0.15, 0.2) is 5.13 Å². The fraction of sp³-hybridized carbons (Fsp3) is 0.462. The number of hydrogen-bond acceptors (Lipinski definition) is 4. The molecule has 2 unspecified atom stereocenters. The van der Waals surface area contributed by atoms with E-state index in [0.717, 1.165) is 15.9 Å². The third kappa shape index (κ3) is 2.43. The van der Waals surface area contributed by atoms with Crippen LogP contribution in [0.3, 0.4) is 0 Å². The molecule has 4 heteroatoms. The Kier molecular flexibility index (Phi) is 3.25. The number of thiazole rings is 1. The zero-order valence-electron chi connectivity index (χ0n) is 9.85. The fourth-order valence-electron chi connectivity index (χ4n) is 2.39. The summed E-state index contributed by atoms with van der Waals surface area (Å²) < 4.78 is 1.27. The normalized spacial score (nSPS) is 24.3. The summed E-state index contributed by atoms with van der Waals surface area (Å²) in [6, 6.07) is 8.95. The van der Waals surface area contributed by atoms with Crippen molar-refractivity contribution in [3.63, 3.8) is 0 Å². The van der Waals surface area contributed by atoms with E-state index in [9.17, 15) is 0 Å². The van der Waals surface area contributed by atoms with E-state index in [1.807, 2.05) is 17.8 Å². The third-order valence-electron chi connectivity index (χ3n) is 3.34. The van der Waals surface area contributed by atoms with Gasteiger partial charge in [0.25, 0.3) is 0 Å². The minimum atomic E-state index is 0.619. The molecule has 1 N–H and O–H groups in total. The second-order valence-corrected chi connectivity index (χ2v) is 6.67. The monoisotopic (exact) mass is 264 g/mol. The number of hydrogen-bond donors (Lipinski definition) is 1. The van der Waals surface area contributed by atoms with Gasteiger partial charge in [-0.05, 0) is 37.7 Å². The van der Waals surface area contributed by atoms with E-state index < -0.39 is 0 Å². The SMILES string of the molecule is CSC1CCC(Nc2nc3ccccc3s2)C1. The second-order valence-electron chi connectivity index (χ2n) is 4.50. The van der Waals surface area contributed by atoms with E-state index in [4.69, 9.17) is 0 Å². The zero-order chi connectivity index (χ0) is 11.7. The fourth-order valence-corrected chi connectivity index (χ4v) is 4.13. The van der Waals surface area contributed by atoms with Crippen LogP contribution in [-0.4, -0.2) is 22.5 Å². The van der Waals surface area contributed by atoms with Crippen molar-refractivity contribution in [3.05, 3.63) is 24.3 Å². The van der Waals surface area contributed by atoms with Crippen molar-refractivity contribution in [3.8, 4) is 0 Å². The van der Waals surface area contributed by atoms with Crippen LogP contribution in [0.5, 0.6) is 0 Å². The summed E-state index contributed by atoms with van der Waals surface area (Å²) in [5.74, 6) is 0. The van der Waals surface area contributed by atoms with Crippen LogP contribution in [0.2, 0.25) is 0 Å². The van der Waals surface area contributed by atoms with Gasteiger partial charge in [0, 0.05) is 11.3 Å². The summed E-state index contributed by atoms with van der Waals surface area (Å²) in [7, 11) is 0. The van der Waals surface area contributed by atoms with Crippen molar-refractivity contribution >= 4 is 38.4 Å². The first kappa shape index (κ1) is 11.4. The molecule has 0 bridgehead atoms. The molecule has 1 aliphatic rings. The largest absolute Gasteiger partial charge is 0.359 e. The van der Waals surface area contributed by atoms with Gasteiger partial charge in [0.1, 0.15) is 0 Å². The van der Waals surface area contributed by atoms with Crippen LogP contribution in [0.4, 0.5) is 5.13 Å². The molecule has 1 aliphatic carbocycles. The molecule has 1 aromatic carbocycles. The maximum atomic E-state index is 4.63. The third-order valence-corrected chi connectivity index (χ3v) is 5.40. The number of anilines is 1. The molecule has 1 fully saturated rings. The number of thioether (sulfide) groups is 1. The molecule has 0 spiro atoms. The van der Waals surface area contributed by atoms with Crippen LogP contribution in [0.25, 0.3) is 10.2 Å². The van der Waals surface area contributed by atoms with Crippen LogP contribution in [0, 0.1) is 0 Å². The van der Waals surface area contributed by atoms with Gasteiger partial charge in [-0.15, -0.1) is 0 Å². The lowest BCUT2D eigenvalue weighted by molar-refractivity contribution is 0.756. The molecule has 0 amide bonds. The average molecular weight is 264 g/mol. The number of nitrogens with one attached hydrogen (secondary N) is 1. The summed E-state index contributed by atoms with van der Waals surface area (Å²) in [5, 5.41) is 5.51. The predicted octanol–water partition coefficient (Wildman–Crippen LogP) is 3.99. The number of benzene rings is 1. The first-order valence-electron chi connectivity index (χ1n) is 6.00. The van der Waals surface area contributed by atoms with Crippen molar-refractivity contribution in [1.82, 2.24) is 4.98 Å². The summed E-state index contributed by atoms with van der Waals surface area (Å²) in [6.07, 6.45) is 6.10. The highest BCUT2D eigenvalue weighted by molar-refractivity contribution is 7.99. The van der Waals surface area contributed by atoms with Crippen LogP contribution in [0.15, 0.2) is 24.3 Å². The number of para-hydroxylation sites is 1. The molecule has 1 aromatic heterocycles. The lowest BCUT2D eigenvalue weighted by Crippen LogP contribution is -2.15. The van der Waals surface area contributed by atoms with E-state index in [0.29, 0.717) is 6.04 Å². The summed E-state index contributed by atoms with van der Waals surface area (Å²) in [6.45, 7) is 0. The second kappa shape index (κ2) is 4.86. The molecular formula is C13H16N2S2. The van der Waals surface area contributed by atoms with Gasteiger partial charge in [-0.25, -0.2) is 4.98 Å². The Balaban J connectivity index is 1.73. The summed E-state index contributed by atoms with van der Waals surface area (Å²) in [5.41, 5.74) is 1.11. The molecule has 3 rings (SSSR count). The predicted molar refractivity (Wildman–Crippen MR) is 78.2 cm³/mol. The molecule has 90 valence electrons. The molecule has 1 heterocycles. The Morgan fingerprint density at radius 3 is 3.00 bits per heavy atom. The molecule has 17 heavy (non-hydrogen) atoms. The Bertz CT molecular complexity index is 476. The number of rotatable bonds is 3.